The third-order valence-corrected chi connectivity index (χ3v) is 2.68. The quantitative estimate of drug-likeness (QED) is 0.817. The molecule has 1 aromatic rings. The van der Waals surface area contributed by atoms with Crippen LogP contribution < -0.4 is 4.74 Å². The van der Waals surface area contributed by atoms with E-state index in [1.54, 1.807) is 12.4 Å². The van der Waals surface area contributed by atoms with E-state index < -0.39 is 0 Å². The summed E-state index contributed by atoms with van der Waals surface area (Å²) < 4.78 is 6.30. The number of ether oxygens (including phenoxy) is 1. The second-order valence-electron chi connectivity index (χ2n) is 3.29. The van der Waals surface area contributed by atoms with E-state index in [-0.39, 0.29) is 0 Å². The summed E-state index contributed by atoms with van der Waals surface area (Å²) in [5.41, 5.74) is 0. The Morgan fingerprint density at radius 2 is 2.08 bits per heavy atom. The monoisotopic (exact) mass is 242 g/mol. The second-order valence-corrected chi connectivity index (χ2v) is 4.21. The smallest absolute Gasteiger partial charge is 0.316 e. The Morgan fingerprint density at radius 3 is 2.62 bits per heavy atom. The topological polar surface area (TPSA) is 35.0 Å². The van der Waals surface area contributed by atoms with Crippen molar-refractivity contribution in [2.75, 3.05) is 6.61 Å². The van der Waals surface area contributed by atoms with Gasteiger partial charge in [0, 0.05) is 12.4 Å². The fraction of sp³-hybridized carbons (Fsp3) is 0.556. The van der Waals surface area contributed by atoms with Crippen molar-refractivity contribution in [2.45, 2.75) is 19.3 Å². The number of aromatic nitrogens is 2. The molecule has 0 N–H and O–H groups in total. The highest BCUT2D eigenvalue weighted by Crippen LogP contribution is 2.26. The van der Waals surface area contributed by atoms with Gasteiger partial charge in [0.15, 0.2) is 0 Å². The molecule has 1 fully saturated rings. The van der Waals surface area contributed by atoms with Crippen LogP contribution in [0.5, 0.6) is 6.01 Å². The molecule has 0 radical (unpaired) electrons. The Hall–Kier alpha value is -0.640. The average Bonchev–Trinajstić information content (AvgIpc) is 2.05. The molecule has 0 amide bonds. The Bertz CT molecular complexity index is 271. The van der Waals surface area contributed by atoms with Crippen LogP contribution in [0, 0.1) is 5.92 Å². The lowest BCUT2D eigenvalue weighted by Gasteiger charge is -2.24. The van der Waals surface area contributed by atoms with Gasteiger partial charge in [0.25, 0.3) is 0 Å². The average molecular weight is 243 g/mol. The van der Waals surface area contributed by atoms with Crippen LogP contribution in [0.25, 0.3) is 0 Å². The van der Waals surface area contributed by atoms with E-state index in [1.165, 1.54) is 19.3 Å². The van der Waals surface area contributed by atoms with Gasteiger partial charge >= 0.3 is 6.01 Å². The molecule has 0 saturated heterocycles. The highest BCUT2D eigenvalue weighted by molar-refractivity contribution is 9.10. The van der Waals surface area contributed by atoms with E-state index >= 15 is 0 Å². The van der Waals surface area contributed by atoms with Crippen molar-refractivity contribution < 1.29 is 4.74 Å². The maximum atomic E-state index is 5.42. The number of rotatable bonds is 3. The van der Waals surface area contributed by atoms with Crippen molar-refractivity contribution in [1.29, 1.82) is 0 Å². The lowest BCUT2D eigenvalue weighted by Crippen LogP contribution is -2.19. The van der Waals surface area contributed by atoms with Gasteiger partial charge in [-0.3, -0.25) is 0 Å². The fourth-order valence-electron chi connectivity index (χ4n) is 1.23. The van der Waals surface area contributed by atoms with Gasteiger partial charge < -0.3 is 4.74 Å². The molecule has 0 atom stereocenters. The van der Waals surface area contributed by atoms with Crippen LogP contribution in [0.15, 0.2) is 16.9 Å². The van der Waals surface area contributed by atoms with Crippen LogP contribution in [0.4, 0.5) is 0 Å². The molecule has 0 unspecified atom stereocenters. The van der Waals surface area contributed by atoms with Gasteiger partial charge in [-0.25, -0.2) is 9.97 Å². The van der Waals surface area contributed by atoms with Crippen molar-refractivity contribution in [3.8, 4) is 6.01 Å². The summed E-state index contributed by atoms with van der Waals surface area (Å²) in [5, 5.41) is 0. The minimum Gasteiger partial charge on any atom is -0.463 e. The van der Waals surface area contributed by atoms with Gasteiger partial charge in [0.1, 0.15) is 0 Å². The molecule has 1 saturated carbocycles. The van der Waals surface area contributed by atoms with E-state index in [0.717, 1.165) is 17.0 Å². The summed E-state index contributed by atoms with van der Waals surface area (Å²) in [5.74, 6) is 0.729. The summed E-state index contributed by atoms with van der Waals surface area (Å²) in [4.78, 5) is 8.06. The second kappa shape index (κ2) is 4.05. The minimum atomic E-state index is 0.482. The first-order valence-corrected chi connectivity index (χ1v) is 5.24. The highest BCUT2D eigenvalue weighted by Gasteiger charge is 2.18. The van der Waals surface area contributed by atoms with Crippen molar-refractivity contribution in [2.24, 2.45) is 5.92 Å². The molecule has 70 valence electrons. The summed E-state index contributed by atoms with van der Waals surface area (Å²) in [7, 11) is 0. The molecule has 13 heavy (non-hydrogen) atoms. The summed E-state index contributed by atoms with van der Waals surface area (Å²) in [6.07, 6.45) is 7.31. The van der Waals surface area contributed by atoms with E-state index in [4.69, 9.17) is 4.74 Å². The molecule has 4 heteroatoms. The SMILES string of the molecule is Brc1cnc(OCC2CCC2)nc1. The van der Waals surface area contributed by atoms with E-state index in [0.29, 0.717) is 6.01 Å². The van der Waals surface area contributed by atoms with Crippen LogP contribution in [0.2, 0.25) is 0 Å². The van der Waals surface area contributed by atoms with Crippen LogP contribution in [0.3, 0.4) is 0 Å². The molecule has 1 aliphatic carbocycles. The molecule has 2 rings (SSSR count). The van der Waals surface area contributed by atoms with Crippen molar-refractivity contribution in [3.05, 3.63) is 16.9 Å². The Kier molecular flexibility index (Phi) is 2.78. The maximum Gasteiger partial charge on any atom is 0.316 e. The normalized spacial score (nSPS) is 16.7. The molecular weight excluding hydrogens is 232 g/mol. The molecule has 0 spiro atoms. The third kappa shape index (κ3) is 2.40. The number of hydrogen-bond donors (Lipinski definition) is 0. The van der Waals surface area contributed by atoms with Gasteiger partial charge in [0.2, 0.25) is 0 Å². The number of halogens is 1. The standard InChI is InChI=1S/C9H11BrN2O/c10-8-4-11-9(12-5-8)13-6-7-2-1-3-7/h4-5,7H,1-3,6H2. The number of nitrogens with zero attached hydrogens (tertiary/aromatic N) is 2. The highest BCUT2D eigenvalue weighted by atomic mass is 79.9. The maximum absolute atomic E-state index is 5.42. The molecule has 1 aromatic heterocycles. The van der Waals surface area contributed by atoms with Gasteiger partial charge in [-0.1, -0.05) is 6.42 Å². The summed E-state index contributed by atoms with van der Waals surface area (Å²) in [6.45, 7) is 0.766. The van der Waals surface area contributed by atoms with Crippen molar-refractivity contribution >= 4 is 15.9 Å². The molecule has 0 aromatic carbocycles. The molecule has 3 nitrogen and oxygen atoms in total. The van der Waals surface area contributed by atoms with E-state index in [9.17, 15) is 0 Å². The molecular formula is C9H11BrN2O. The van der Waals surface area contributed by atoms with E-state index in [1.807, 2.05) is 0 Å². The van der Waals surface area contributed by atoms with Crippen LogP contribution in [-0.4, -0.2) is 16.6 Å². The number of hydrogen-bond acceptors (Lipinski definition) is 3. The summed E-state index contributed by atoms with van der Waals surface area (Å²) >= 11 is 3.27. The lowest BCUT2D eigenvalue weighted by atomic mass is 9.86. The fourth-order valence-corrected chi connectivity index (χ4v) is 1.43. The summed E-state index contributed by atoms with van der Waals surface area (Å²) in [6, 6.07) is 0.482. The van der Waals surface area contributed by atoms with Crippen molar-refractivity contribution in [3.63, 3.8) is 0 Å². The molecule has 0 aliphatic heterocycles. The largest absolute Gasteiger partial charge is 0.463 e. The van der Waals surface area contributed by atoms with Gasteiger partial charge in [-0.2, -0.15) is 0 Å². The first-order valence-electron chi connectivity index (χ1n) is 4.45. The zero-order valence-electron chi connectivity index (χ0n) is 7.24. The predicted octanol–water partition coefficient (Wildman–Crippen LogP) is 2.42. The van der Waals surface area contributed by atoms with E-state index in [2.05, 4.69) is 25.9 Å². The molecule has 1 heterocycles. The van der Waals surface area contributed by atoms with Crippen LogP contribution in [0.1, 0.15) is 19.3 Å². The predicted molar refractivity (Wildman–Crippen MR) is 52.6 cm³/mol. The zero-order chi connectivity index (χ0) is 9.10. The zero-order valence-corrected chi connectivity index (χ0v) is 8.83. The first-order chi connectivity index (χ1) is 6.34. The van der Waals surface area contributed by atoms with Gasteiger partial charge in [0.05, 0.1) is 11.1 Å². The lowest BCUT2D eigenvalue weighted by molar-refractivity contribution is 0.170. The molecule has 1 aliphatic rings. The Labute approximate surface area is 85.7 Å². The van der Waals surface area contributed by atoms with Gasteiger partial charge in [-0.05, 0) is 34.7 Å². The van der Waals surface area contributed by atoms with Crippen molar-refractivity contribution in [1.82, 2.24) is 9.97 Å². The Balaban J connectivity index is 1.83. The Morgan fingerprint density at radius 1 is 1.38 bits per heavy atom. The van der Waals surface area contributed by atoms with Gasteiger partial charge in [-0.15, -0.1) is 0 Å². The third-order valence-electron chi connectivity index (χ3n) is 2.27. The van der Waals surface area contributed by atoms with Crippen LogP contribution in [-0.2, 0) is 0 Å². The minimum absolute atomic E-state index is 0.482. The molecule has 0 bridgehead atoms. The van der Waals surface area contributed by atoms with Crippen LogP contribution >= 0.6 is 15.9 Å². The first kappa shape index (κ1) is 8.94.